The van der Waals surface area contributed by atoms with Gasteiger partial charge in [0.25, 0.3) is 5.91 Å². The molecule has 4 nitrogen and oxygen atoms in total. The summed E-state index contributed by atoms with van der Waals surface area (Å²) in [6, 6.07) is 12.1. The molecule has 0 aliphatic rings. The predicted octanol–water partition coefficient (Wildman–Crippen LogP) is 3.88. The standard InChI is InChI=1S/C15H12BrClN2O2/c1-21-14-7-2-10(8-13(14)16)9-18-19-15(20)11-3-5-12(17)6-4-11/h2-9H,1H3,(H,19,20). The van der Waals surface area contributed by atoms with Crippen molar-refractivity contribution < 1.29 is 9.53 Å². The van der Waals surface area contributed by atoms with E-state index in [1.807, 2.05) is 18.2 Å². The molecule has 0 bridgehead atoms. The number of hydrogen-bond acceptors (Lipinski definition) is 3. The molecule has 2 rings (SSSR count). The Kier molecular flexibility index (Phi) is 5.36. The predicted molar refractivity (Wildman–Crippen MR) is 87.2 cm³/mol. The number of carbonyl (C=O) groups is 1. The third kappa shape index (κ3) is 4.31. The van der Waals surface area contributed by atoms with Gasteiger partial charge in [-0.3, -0.25) is 4.79 Å². The second-order valence-electron chi connectivity index (χ2n) is 4.10. The Morgan fingerprint density at radius 2 is 2.00 bits per heavy atom. The number of methoxy groups -OCH3 is 1. The highest BCUT2D eigenvalue weighted by Gasteiger charge is 2.03. The molecule has 0 aliphatic carbocycles. The maximum Gasteiger partial charge on any atom is 0.271 e. The van der Waals surface area contributed by atoms with E-state index in [0.29, 0.717) is 10.6 Å². The van der Waals surface area contributed by atoms with Crippen LogP contribution in [-0.2, 0) is 0 Å². The molecule has 0 fully saturated rings. The highest BCUT2D eigenvalue weighted by molar-refractivity contribution is 9.10. The van der Waals surface area contributed by atoms with E-state index < -0.39 is 0 Å². The summed E-state index contributed by atoms with van der Waals surface area (Å²) in [4.78, 5) is 11.8. The average Bonchev–Trinajstić information content (AvgIpc) is 2.48. The van der Waals surface area contributed by atoms with Crippen LogP contribution in [0.1, 0.15) is 15.9 Å². The average molecular weight is 368 g/mol. The zero-order valence-corrected chi connectivity index (χ0v) is 13.5. The van der Waals surface area contributed by atoms with Crippen LogP contribution in [0.25, 0.3) is 0 Å². The van der Waals surface area contributed by atoms with E-state index in [9.17, 15) is 4.79 Å². The number of carbonyl (C=O) groups excluding carboxylic acids is 1. The van der Waals surface area contributed by atoms with Gasteiger partial charge >= 0.3 is 0 Å². The van der Waals surface area contributed by atoms with Gasteiger partial charge < -0.3 is 4.74 Å². The second kappa shape index (κ2) is 7.24. The largest absolute Gasteiger partial charge is 0.496 e. The second-order valence-corrected chi connectivity index (χ2v) is 5.39. The van der Waals surface area contributed by atoms with Gasteiger partial charge in [0.15, 0.2) is 0 Å². The van der Waals surface area contributed by atoms with Gasteiger partial charge in [0.05, 0.1) is 17.8 Å². The van der Waals surface area contributed by atoms with Crippen molar-refractivity contribution in [1.29, 1.82) is 0 Å². The lowest BCUT2D eigenvalue weighted by molar-refractivity contribution is 0.0955. The van der Waals surface area contributed by atoms with Crippen molar-refractivity contribution in [1.82, 2.24) is 5.43 Å². The topological polar surface area (TPSA) is 50.7 Å². The van der Waals surface area contributed by atoms with Crippen molar-refractivity contribution >= 4 is 39.7 Å². The summed E-state index contributed by atoms with van der Waals surface area (Å²) in [5.74, 6) is 0.438. The van der Waals surface area contributed by atoms with Gasteiger partial charge in [0.1, 0.15) is 5.75 Å². The smallest absolute Gasteiger partial charge is 0.271 e. The summed E-state index contributed by atoms with van der Waals surface area (Å²) in [6.45, 7) is 0. The van der Waals surface area contributed by atoms with Crippen molar-refractivity contribution in [2.75, 3.05) is 7.11 Å². The SMILES string of the molecule is COc1ccc(C=NNC(=O)c2ccc(Cl)cc2)cc1Br. The lowest BCUT2D eigenvalue weighted by Gasteiger charge is -2.03. The Morgan fingerprint density at radius 3 is 2.62 bits per heavy atom. The van der Waals surface area contributed by atoms with Crippen LogP contribution in [0.15, 0.2) is 52.0 Å². The lowest BCUT2D eigenvalue weighted by atomic mass is 10.2. The molecule has 0 aliphatic heterocycles. The molecule has 0 heterocycles. The maximum atomic E-state index is 11.8. The van der Waals surface area contributed by atoms with Crippen LogP contribution in [0.5, 0.6) is 5.75 Å². The molecule has 108 valence electrons. The molecule has 0 unspecified atom stereocenters. The van der Waals surface area contributed by atoms with Crippen molar-refractivity contribution in [3.8, 4) is 5.75 Å². The van der Waals surface area contributed by atoms with E-state index in [1.54, 1.807) is 37.6 Å². The molecule has 0 aromatic heterocycles. The highest BCUT2D eigenvalue weighted by atomic mass is 79.9. The van der Waals surface area contributed by atoms with Gasteiger partial charge in [0, 0.05) is 10.6 Å². The van der Waals surface area contributed by atoms with Gasteiger partial charge in [0.2, 0.25) is 0 Å². The number of rotatable bonds is 4. The zero-order chi connectivity index (χ0) is 15.2. The molecule has 6 heteroatoms. The molecular formula is C15H12BrClN2O2. The summed E-state index contributed by atoms with van der Waals surface area (Å²) >= 11 is 9.15. The fourth-order valence-corrected chi connectivity index (χ4v) is 2.28. The van der Waals surface area contributed by atoms with E-state index >= 15 is 0 Å². The highest BCUT2D eigenvalue weighted by Crippen LogP contribution is 2.24. The Hall–Kier alpha value is -1.85. The number of halogens is 2. The van der Waals surface area contributed by atoms with Crippen LogP contribution >= 0.6 is 27.5 Å². The van der Waals surface area contributed by atoms with E-state index in [2.05, 4.69) is 26.5 Å². The lowest BCUT2D eigenvalue weighted by Crippen LogP contribution is -2.17. The van der Waals surface area contributed by atoms with Crippen molar-refractivity contribution in [3.05, 3.63) is 63.1 Å². The number of nitrogens with one attached hydrogen (secondary N) is 1. The number of nitrogens with zero attached hydrogens (tertiary/aromatic N) is 1. The van der Waals surface area contributed by atoms with Crippen molar-refractivity contribution in [2.45, 2.75) is 0 Å². The third-order valence-corrected chi connectivity index (χ3v) is 3.53. The van der Waals surface area contributed by atoms with Crippen LogP contribution in [-0.4, -0.2) is 19.2 Å². The van der Waals surface area contributed by atoms with Crippen LogP contribution < -0.4 is 10.2 Å². The third-order valence-electron chi connectivity index (χ3n) is 2.66. The van der Waals surface area contributed by atoms with Crippen LogP contribution in [0.3, 0.4) is 0 Å². The Labute approximate surface area is 135 Å². The number of hydrazone groups is 1. The fourth-order valence-electron chi connectivity index (χ4n) is 1.59. The number of hydrogen-bond donors (Lipinski definition) is 1. The Morgan fingerprint density at radius 1 is 1.29 bits per heavy atom. The van der Waals surface area contributed by atoms with Crippen LogP contribution in [0.4, 0.5) is 0 Å². The molecule has 0 saturated carbocycles. The number of ether oxygens (including phenoxy) is 1. The first kappa shape index (κ1) is 15.5. The maximum absolute atomic E-state index is 11.8. The zero-order valence-electron chi connectivity index (χ0n) is 11.1. The van der Waals surface area contributed by atoms with Crippen molar-refractivity contribution in [3.63, 3.8) is 0 Å². The monoisotopic (exact) mass is 366 g/mol. The van der Waals surface area contributed by atoms with E-state index in [1.165, 1.54) is 0 Å². The molecule has 2 aromatic carbocycles. The molecule has 1 N–H and O–H groups in total. The summed E-state index contributed by atoms with van der Waals surface area (Å²) in [6.07, 6.45) is 1.55. The van der Waals surface area contributed by atoms with Gasteiger partial charge in [-0.15, -0.1) is 0 Å². The molecule has 21 heavy (non-hydrogen) atoms. The molecule has 2 aromatic rings. The number of amides is 1. The summed E-state index contributed by atoms with van der Waals surface area (Å²) in [7, 11) is 1.60. The molecule has 0 saturated heterocycles. The summed E-state index contributed by atoms with van der Waals surface area (Å²) in [5, 5.41) is 4.50. The molecule has 0 spiro atoms. The Balaban J connectivity index is 2.00. The van der Waals surface area contributed by atoms with Gasteiger partial charge in [-0.2, -0.15) is 5.10 Å². The summed E-state index contributed by atoms with van der Waals surface area (Å²) in [5.41, 5.74) is 3.78. The van der Waals surface area contributed by atoms with Crippen molar-refractivity contribution in [2.24, 2.45) is 5.10 Å². The van der Waals surface area contributed by atoms with Gasteiger partial charge in [-0.25, -0.2) is 5.43 Å². The molecule has 1 amide bonds. The normalized spacial score (nSPS) is 10.6. The first-order valence-electron chi connectivity index (χ1n) is 6.02. The molecule has 0 radical (unpaired) electrons. The van der Waals surface area contributed by atoms with E-state index in [4.69, 9.17) is 16.3 Å². The van der Waals surface area contributed by atoms with E-state index in [-0.39, 0.29) is 5.91 Å². The first-order chi connectivity index (χ1) is 10.1. The van der Waals surface area contributed by atoms with Gasteiger partial charge in [-0.1, -0.05) is 11.6 Å². The Bertz CT molecular complexity index is 672. The molecular weight excluding hydrogens is 356 g/mol. The van der Waals surface area contributed by atoms with Crippen LogP contribution in [0.2, 0.25) is 5.02 Å². The van der Waals surface area contributed by atoms with E-state index in [0.717, 1.165) is 15.8 Å². The minimum atomic E-state index is -0.296. The van der Waals surface area contributed by atoms with Gasteiger partial charge in [-0.05, 0) is 64.0 Å². The minimum absolute atomic E-state index is 0.296. The quantitative estimate of drug-likeness (QED) is 0.659. The van der Waals surface area contributed by atoms with Crippen LogP contribution in [0, 0.1) is 0 Å². The molecule has 0 atom stereocenters. The first-order valence-corrected chi connectivity index (χ1v) is 7.20. The number of benzene rings is 2. The fraction of sp³-hybridized carbons (Fsp3) is 0.0667. The summed E-state index contributed by atoms with van der Waals surface area (Å²) < 4.78 is 5.96. The minimum Gasteiger partial charge on any atom is -0.496 e.